The Hall–Kier alpha value is -1.44. The maximum absolute atomic E-state index is 9.25. The van der Waals surface area contributed by atoms with Crippen LogP contribution in [-0.4, -0.2) is 10.2 Å². The highest BCUT2D eigenvalue weighted by atomic mass is 16.3. The van der Waals surface area contributed by atoms with Crippen molar-refractivity contribution in [3.05, 3.63) is 34.7 Å². The van der Waals surface area contributed by atoms with E-state index in [4.69, 9.17) is 0 Å². The zero-order chi connectivity index (χ0) is 9.14. The van der Waals surface area contributed by atoms with Crippen molar-refractivity contribution in [1.29, 1.82) is 0 Å². The molecule has 0 aliphatic rings. The first kappa shape index (κ1) is 8.65. The number of rotatable bonds is 0. The van der Waals surface area contributed by atoms with Gasteiger partial charge >= 0.3 is 0 Å². The van der Waals surface area contributed by atoms with Crippen molar-refractivity contribution in [3.63, 3.8) is 0 Å². The summed E-state index contributed by atoms with van der Waals surface area (Å²) >= 11 is 0. The molecule has 0 heterocycles. The molecule has 12 heavy (non-hydrogen) atoms. The highest BCUT2D eigenvalue weighted by Gasteiger charge is 1.91. The van der Waals surface area contributed by atoms with Crippen molar-refractivity contribution in [3.8, 4) is 0 Å². The lowest BCUT2D eigenvalue weighted by molar-refractivity contribution is 0.490. The Morgan fingerprint density at radius 2 is 1.25 bits per heavy atom. The van der Waals surface area contributed by atoms with E-state index in [0.717, 1.165) is 0 Å². The maximum atomic E-state index is 9.25. The number of aliphatic hydroxyl groups excluding tert-OH is 2. The average Bonchev–Trinajstić information content (AvgIpc) is 2.04. The molecule has 2 heteroatoms. The standard InChI is InChI=1S/C10H12O2/c1-7(11)9-5-3-4-6-10(9)8(2)12/h3-6,11-12H,1-2H3. The molecule has 0 aromatic heterocycles. The zero-order valence-corrected chi connectivity index (χ0v) is 7.20. The largest absolute Gasteiger partial charge is 0.512 e. The Morgan fingerprint density at radius 1 is 0.917 bits per heavy atom. The second-order valence-corrected chi connectivity index (χ2v) is 2.72. The van der Waals surface area contributed by atoms with Gasteiger partial charge in [0.05, 0.1) is 11.5 Å². The van der Waals surface area contributed by atoms with Gasteiger partial charge in [-0.3, -0.25) is 0 Å². The van der Waals surface area contributed by atoms with Crippen LogP contribution in [0.25, 0.3) is 11.5 Å². The minimum atomic E-state index is 0.221. The molecule has 0 aliphatic carbocycles. The molecule has 0 saturated carbocycles. The van der Waals surface area contributed by atoms with Crippen LogP contribution in [0.15, 0.2) is 24.3 Å². The number of hydrogen-bond donors (Lipinski definition) is 2. The first-order chi connectivity index (χ1) is 5.63. The summed E-state index contributed by atoms with van der Waals surface area (Å²) in [5.74, 6) is 0.443. The fourth-order valence-corrected chi connectivity index (χ4v) is 1.11. The van der Waals surface area contributed by atoms with E-state index in [1.165, 1.54) is 0 Å². The molecule has 0 amide bonds. The van der Waals surface area contributed by atoms with Crippen molar-refractivity contribution >= 4 is 11.5 Å². The molecule has 2 N–H and O–H groups in total. The second kappa shape index (κ2) is 3.30. The third kappa shape index (κ3) is 1.59. The second-order valence-electron chi connectivity index (χ2n) is 2.72. The minimum Gasteiger partial charge on any atom is -0.512 e. The summed E-state index contributed by atoms with van der Waals surface area (Å²) in [7, 11) is 0. The third-order valence-electron chi connectivity index (χ3n) is 1.71. The highest BCUT2D eigenvalue weighted by Crippen LogP contribution is 1.82. The molecular formula is C10H12O2. The van der Waals surface area contributed by atoms with Gasteiger partial charge in [0.1, 0.15) is 0 Å². The van der Waals surface area contributed by atoms with Crippen LogP contribution < -0.4 is 10.4 Å². The van der Waals surface area contributed by atoms with E-state index in [1.807, 2.05) is 12.1 Å². The van der Waals surface area contributed by atoms with E-state index in [1.54, 1.807) is 26.0 Å². The van der Waals surface area contributed by atoms with Gasteiger partial charge < -0.3 is 10.2 Å². The minimum absolute atomic E-state index is 0.221. The van der Waals surface area contributed by atoms with Crippen molar-refractivity contribution in [2.75, 3.05) is 0 Å². The molecular weight excluding hydrogens is 152 g/mol. The van der Waals surface area contributed by atoms with Crippen molar-refractivity contribution in [1.82, 2.24) is 0 Å². The van der Waals surface area contributed by atoms with Crippen molar-refractivity contribution in [2.24, 2.45) is 0 Å². The van der Waals surface area contributed by atoms with E-state index in [-0.39, 0.29) is 11.5 Å². The summed E-state index contributed by atoms with van der Waals surface area (Å²) < 4.78 is 0. The summed E-state index contributed by atoms with van der Waals surface area (Å²) in [5, 5.41) is 19.8. The molecule has 1 aromatic carbocycles. The molecule has 1 rings (SSSR count). The Morgan fingerprint density at radius 3 is 1.50 bits per heavy atom. The summed E-state index contributed by atoms with van der Waals surface area (Å²) in [6.45, 7) is 3.20. The van der Waals surface area contributed by atoms with Crippen LogP contribution in [-0.2, 0) is 0 Å². The van der Waals surface area contributed by atoms with Crippen LogP contribution in [0.5, 0.6) is 0 Å². The first-order valence-electron chi connectivity index (χ1n) is 3.77. The van der Waals surface area contributed by atoms with Gasteiger partial charge in [-0.1, -0.05) is 24.3 Å². The molecule has 0 saturated heterocycles. The quantitative estimate of drug-likeness (QED) is 0.602. The Kier molecular flexibility index (Phi) is 2.38. The molecule has 0 atom stereocenters. The number of benzene rings is 1. The zero-order valence-electron chi connectivity index (χ0n) is 7.20. The predicted molar refractivity (Wildman–Crippen MR) is 49.1 cm³/mol. The lowest BCUT2D eigenvalue weighted by Crippen LogP contribution is -2.27. The van der Waals surface area contributed by atoms with Gasteiger partial charge in [0, 0.05) is 10.4 Å². The maximum Gasteiger partial charge on any atom is 0.0971 e. The van der Waals surface area contributed by atoms with E-state index < -0.39 is 0 Å². The Bertz CT molecular complexity index is 344. The van der Waals surface area contributed by atoms with Gasteiger partial charge in [-0.2, -0.15) is 0 Å². The fraction of sp³-hybridized carbons (Fsp3) is 0.200. The van der Waals surface area contributed by atoms with Crippen LogP contribution in [0.4, 0.5) is 0 Å². The van der Waals surface area contributed by atoms with Crippen molar-refractivity contribution < 1.29 is 10.2 Å². The van der Waals surface area contributed by atoms with E-state index >= 15 is 0 Å². The van der Waals surface area contributed by atoms with Crippen LogP contribution in [0.1, 0.15) is 13.8 Å². The number of aliphatic hydroxyl groups is 2. The van der Waals surface area contributed by atoms with Gasteiger partial charge in [-0.15, -0.1) is 0 Å². The predicted octanol–water partition coefficient (Wildman–Crippen LogP) is 1.06. The molecule has 2 nitrogen and oxygen atoms in total. The van der Waals surface area contributed by atoms with Gasteiger partial charge in [0.15, 0.2) is 0 Å². The molecule has 0 spiro atoms. The molecule has 64 valence electrons. The van der Waals surface area contributed by atoms with Crippen molar-refractivity contribution in [2.45, 2.75) is 13.8 Å². The van der Waals surface area contributed by atoms with Crippen LogP contribution in [0.2, 0.25) is 0 Å². The Balaban J connectivity index is 3.75. The van der Waals surface area contributed by atoms with Crippen LogP contribution in [0, 0.1) is 0 Å². The lowest BCUT2D eigenvalue weighted by Gasteiger charge is -1.94. The van der Waals surface area contributed by atoms with E-state index in [0.29, 0.717) is 10.4 Å². The monoisotopic (exact) mass is 164 g/mol. The summed E-state index contributed by atoms with van der Waals surface area (Å²) in [5.41, 5.74) is 0. The van der Waals surface area contributed by atoms with Crippen LogP contribution in [0.3, 0.4) is 0 Å². The molecule has 0 aliphatic heterocycles. The third-order valence-corrected chi connectivity index (χ3v) is 1.71. The molecule has 0 bridgehead atoms. The molecule has 0 unspecified atom stereocenters. The normalized spacial score (nSPS) is 15.5. The SMILES string of the molecule is CC(O)=c1ccccc1=C(C)O. The van der Waals surface area contributed by atoms with Gasteiger partial charge in [0.2, 0.25) is 0 Å². The molecule has 1 aromatic rings. The summed E-state index contributed by atoms with van der Waals surface area (Å²) in [6.07, 6.45) is 0. The average molecular weight is 164 g/mol. The fourth-order valence-electron chi connectivity index (χ4n) is 1.11. The van der Waals surface area contributed by atoms with Gasteiger partial charge in [-0.25, -0.2) is 0 Å². The topological polar surface area (TPSA) is 40.5 Å². The molecule has 0 radical (unpaired) electrons. The first-order valence-corrected chi connectivity index (χ1v) is 3.77. The summed E-state index contributed by atoms with van der Waals surface area (Å²) in [4.78, 5) is 0. The van der Waals surface area contributed by atoms with E-state index in [9.17, 15) is 10.2 Å². The summed E-state index contributed by atoms with van der Waals surface area (Å²) in [6, 6.07) is 7.18. The van der Waals surface area contributed by atoms with Crippen LogP contribution >= 0.6 is 0 Å². The smallest absolute Gasteiger partial charge is 0.0971 e. The van der Waals surface area contributed by atoms with E-state index in [2.05, 4.69) is 0 Å². The molecule has 0 fully saturated rings. The lowest BCUT2D eigenvalue weighted by atomic mass is 10.2. The number of hydrogen-bond acceptors (Lipinski definition) is 2. The van der Waals surface area contributed by atoms with Gasteiger partial charge in [-0.05, 0) is 13.8 Å². The highest BCUT2D eigenvalue weighted by molar-refractivity contribution is 5.39. The Labute approximate surface area is 71.1 Å². The van der Waals surface area contributed by atoms with Gasteiger partial charge in [0.25, 0.3) is 0 Å².